The monoisotopic (exact) mass is 480 g/mol. The molecule has 0 bridgehead atoms. The smallest absolute Gasteiger partial charge is 0.245 e. The molecule has 0 radical (unpaired) electrons. The Labute approximate surface area is 199 Å². The number of likely N-dealkylation sites (N-methyl/N-ethyl adjacent to an activating group) is 1. The number of hydrogen-bond donors (Lipinski definition) is 2. The first-order valence-corrected chi connectivity index (χ1v) is 13.5. The SMILES string of the molecule is CN[C@@H](C)C(=O)N[C@H](C(=O)N1CCC[C@H]1CN(CCc1ccccc1)S(C)(=O)=O)C(C)(C)C. The number of nitrogens with one attached hydrogen (secondary N) is 2. The summed E-state index contributed by atoms with van der Waals surface area (Å²) in [5, 5.41) is 5.81. The predicted molar refractivity (Wildman–Crippen MR) is 131 cm³/mol. The van der Waals surface area contributed by atoms with Crippen LogP contribution in [0.15, 0.2) is 30.3 Å². The Bertz CT molecular complexity index is 899. The molecule has 0 unspecified atom stereocenters. The molecule has 9 heteroatoms. The van der Waals surface area contributed by atoms with Crippen molar-refractivity contribution in [2.45, 2.75) is 65.1 Å². The van der Waals surface area contributed by atoms with E-state index in [2.05, 4.69) is 10.6 Å². The van der Waals surface area contributed by atoms with E-state index in [0.717, 1.165) is 18.4 Å². The molecule has 2 N–H and O–H groups in total. The molecule has 1 aromatic carbocycles. The van der Waals surface area contributed by atoms with Gasteiger partial charge in [0, 0.05) is 25.7 Å². The van der Waals surface area contributed by atoms with Crippen molar-refractivity contribution >= 4 is 21.8 Å². The highest BCUT2D eigenvalue weighted by atomic mass is 32.2. The van der Waals surface area contributed by atoms with Crippen LogP contribution in [0.4, 0.5) is 0 Å². The number of benzene rings is 1. The molecule has 0 aliphatic carbocycles. The van der Waals surface area contributed by atoms with Gasteiger partial charge in [-0.3, -0.25) is 9.59 Å². The summed E-state index contributed by atoms with van der Waals surface area (Å²) in [7, 11) is -1.74. The summed E-state index contributed by atoms with van der Waals surface area (Å²) in [5.41, 5.74) is 0.580. The third-order valence-electron chi connectivity index (χ3n) is 6.26. The molecule has 1 aromatic rings. The molecule has 1 aliphatic heterocycles. The van der Waals surface area contributed by atoms with Gasteiger partial charge in [-0.25, -0.2) is 8.42 Å². The number of rotatable bonds is 10. The molecule has 3 atom stereocenters. The van der Waals surface area contributed by atoms with Crippen molar-refractivity contribution in [1.29, 1.82) is 0 Å². The maximum Gasteiger partial charge on any atom is 0.245 e. The molecule has 1 fully saturated rings. The Kier molecular flexibility index (Phi) is 9.46. The number of carbonyl (C=O) groups excluding carboxylic acids is 2. The fourth-order valence-corrected chi connectivity index (χ4v) is 4.92. The zero-order valence-corrected chi connectivity index (χ0v) is 21.6. The Morgan fingerprint density at radius 2 is 1.85 bits per heavy atom. The second-order valence-electron chi connectivity index (χ2n) is 10.0. The quantitative estimate of drug-likeness (QED) is 0.530. The van der Waals surface area contributed by atoms with Crippen LogP contribution in [0.25, 0.3) is 0 Å². The van der Waals surface area contributed by atoms with Crippen LogP contribution >= 0.6 is 0 Å². The molecule has 2 rings (SSSR count). The maximum atomic E-state index is 13.6. The number of amides is 2. The molecule has 2 amide bonds. The van der Waals surface area contributed by atoms with E-state index in [9.17, 15) is 18.0 Å². The number of sulfonamides is 1. The second kappa shape index (κ2) is 11.4. The van der Waals surface area contributed by atoms with Crippen LogP contribution in [0.5, 0.6) is 0 Å². The van der Waals surface area contributed by atoms with Crippen molar-refractivity contribution < 1.29 is 18.0 Å². The van der Waals surface area contributed by atoms with Crippen molar-refractivity contribution in [3.8, 4) is 0 Å². The minimum absolute atomic E-state index is 0.154. The van der Waals surface area contributed by atoms with E-state index in [1.165, 1.54) is 10.6 Å². The summed E-state index contributed by atoms with van der Waals surface area (Å²) in [4.78, 5) is 27.9. The largest absolute Gasteiger partial charge is 0.342 e. The lowest BCUT2D eigenvalue weighted by atomic mass is 9.85. The van der Waals surface area contributed by atoms with Gasteiger partial charge < -0.3 is 15.5 Å². The van der Waals surface area contributed by atoms with Gasteiger partial charge in [-0.1, -0.05) is 51.1 Å². The van der Waals surface area contributed by atoms with Gasteiger partial charge in [0.25, 0.3) is 0 Å². The van der Waals surface area contributed by atoms with Gasteiger partial charge >= 0.3 is 0 Å². The van der Waals surface area contributed by atoms with E-state index in [1.807, 2.05) is 51.1 Å². The minimum Gasteiger partial charge on any atom is -0.342 e. The molecule has 8 nitrogen and oxygen atoms in total. The van der Waals surface area contributed by atoms with Gasteiger partial charge in [0.05, 0.1) is 12.3 Å². The number of likely N-dealkylation sites (tertiary alicyclic amines) is 1. The molecule has 0 aromatic heterocycles. The molecular formula is C24H40N4O4S. The van der Waals surface area contributed by atoms with Crippen LogP contribution in [0, 0.1) is 5.41 Å². The van der Waals surface area contributed by atoms with Gasteiger partial charge in [-0.05, 0) is 44.2 Å². The fourth-order valence-electron chi connectivity index (χ4n) is 4.05. The van der Waals surface area contributed by atoms with Crippen LogP contribution in [0.2, 0.25) is 0 Å². The van der Waals surface area contributed by atoms with Crippen LogP contribution < -0.4 is 10.6 Å². The zero-order valence-electron chi connectivity index (χ0n) is 20.8. The first-order valence-electron chi connectivity index (χ1n) is 11.6. The first kappa shape index (κ1) is 27.3. The molecular weight excluding hydrogens is 440 g/mol. The summed E-state index contributed by atoms with van der Waals surface area (Å²) in [5.74, 6) is -0.389. The maximum absolute atomic E-state index is 13.6. The lowest BCUT2D eigenvalue weighted by molar-refractivity contribution is -0.140. The summed E-state index contributed by atoms with van der Waals surface area (Å²) < 4.78 is 26.5. The fraction of sp³-hybridized carbons (Fsp3) is 0.667. The normalized spacial score (nSPS) is 18.9. The third-order valence-corrected chi connectivity index (χ3v) is 7.53. The summed E-state index contributed by atoms with van der Waals surface area (Å²) >= 11 is 0. The third kappa shape index (κ3) is 7.79. The topological polar surface area (TPSA) is 98.8 Å². The summed E-state index contributed by atoms with van der Waals surface area (Å²) in [6.45, 7) is 8.70. The predicted octanol–water partition coefficient (Wildman–Crippen LogP) is 1.62. The lowest BCUT2D eigenvalue weighted by Crippen LogP contribution is -2.59. The van der Waals surface area contributed by atoms with Gasteiger partial charge in [0.1, 0.15) is 6.04 Å². The first-order chi connectivity index (χ1) is 15.3. The van der Waals surface area contributed by atoms with Crippen molar-refractivity contribution in [3.63, 3.8) is 0 Å². The number of nitrogens with zero attached hydrogens (tertiary/aromatic N) is 2. The van der Waals surface area contributed by atoms with Crippen molar-refractivity contribution in [2.24, 2.45) is 5.41 Å². The standard InChI is InChI=1S/C24H40N4O4S/c1-18(25-5)22(29)26-21(24(2,3)4)23(30)28-15-10-13-20(28)17-27(33(6,31)32)16-14-19-11-8-7-9-12-19/h7-9,11-12,18,20-21,25H,10,13-17H2,1-6H3,(H,26,29)/t18-,20-,21+/m0/s1. The minimum atomic E-state index is -3.44. The Balaban J connectivity index is 2.16. The van der Waals surface area contributed by atoms with Crippen LogP contribution in [-0.4, -0.2) is 80.5 Å². The highest BCUT2D eigenvalue weighted by Crippen LogP contribution is 2.26. The molecule has 33 heavy (non-hydrogen) atoms. The van der Waals surface area contributed by atoms with Crippen molar-refractivity contribution in [1.82, 2.24) is 19.8 Å². The Morgan fingerprint density at radius 3 is 2.39 bits per heavy atom. The zero-order chi connectivity index (χ0) is 24.8. The summed E-state index contributed by atoms with van der Waals surface area (Å²) in [6.07, 6.45) is 3.37. The van der Waals surface area contributed by atoms with E-state index in [1.54, 1.807) is 18.9 Å². The lowest BCUT2D eigenvalue weighted by Gasteiger charge is -2.37. The van der Waals surface area contributed by atoms with E-state index >= 15 is 0 Å². The van der Waals surface area contributed by atoms with Crippen LogP contribution in [-0.2, 0) is 26.0 Å². The molecule has 0 spiro atoms. The molecule has 0 saturated carbocycles. The van der Waals surface area contributed by atoms with Crippen molar-refractivity contribution in [3.05, 3.63) is 35.9 Å². The van der Waals surface area contributed by atoms with E-state index in [4.69, 9.17) is 0 Å². The summed E-state index contributed by atoms with van der Waals surface area (Å²) in [6, 6.07) is 8.44. The van der Waals surface area contributed by atoms with Crippen LogP contribution in [0.1, 0.15) is 46.1 Å². The van der Waals surface area contributed by atoms with E-state index in [-0.39, 0.29) is 24.4 Å². The van der Waals surface area contributed by atoms with Gasteiger partial charge in [0.2, 0.25) is 21.8 Å². The van der Waals surface area contributed by atoms with Crippen molar-refractivity contribution in [2.75, 3.05) is 32.9 Å². The van der Waals surface area contributed by atoms with Gasteiger partial charge in [-0.2, -0.15) is 4.31 Å². The highest BCUT2D eigenvalue weighted by Gasteiger charge is 2.41. The van der Waals surface area contributed by atoms with E-state index in [0.29, 0.717) is 19.5 Å². The van der Waals surface area contributed by atoms with Gasteiger partial charge in [-0.15, -0.1) is 0 Å². The number of hydrogen-bond acceptors (Lipinski definition) is 5. The second-order valence-corrected chi connectivity index (χ2v) is 12.0. The molecule has 186 valence electrons. The Hall–Kier alpha value is -1.97. The van der Waals surface area contributed by atoms with E-state index < -0.39 is 27.5 Å². The average Bonchev–Trinajstić information content (AvgIpc) is 3.21. The molecule has 1 heterocycles. The molecule has 1 aliphatic rings. The highest BCUT2D eigenvalue weighted by molar-refractivity contribution is 7.88. The molecule has 1 saturated heterocycles. The Morgan fingerprint density at radius 1 is 1.21 bits per heavy atom. The average molecular weight is 481 g/mol. The number of carbonyl (C=O) groups is 2. The van der Waals surface area contributed by atoms with Crippen LogP contribution in [0.3, 0.4) is 0 Å². The van der Waals surface area contributed by atoms with Gasteiger partial charge in [0.15, 0.2) is 0 Å².